The van der Waals surface area contributed by atoms with Crippen LogP contribution in [0.5, 0.6) is 0 Å². The van der Waals surface area contributed by atoms with Gasteiger partial charge in [0.05, 0.1) is 4.47 Å². The summed E-state index contributed by atoms with van der Waals surface area (Å²) in [5, 5.41) is 1.52. The van der Waals surface area contributed by atoms with Crippen LogP contribution in [-0.2, 0) is 0 Å². The van der Waals surface area contributed by atoms with Crippen molar-refractivity contribution in [2.45, 2.75) is 10.2 Å². The molecule has 0 aliphatic carbocycles. The lowest BCUT2D eigenvalue weighted by Gasteiger charge is -2.00. The molecule has 15 heavy (non-hydrogen) atoms. The number of hydrogen-bond donors (Lipinski definition) is 0. The molecule has 76 valence electrons. The predicted molar refractivity (Wildman–Crippen MR) is 60.9 cm³/mol. The highest BCUT2D eigenvalue weighted by atomic mass is 79.9. The molecular weight excluding hydrogens is 300 g/mol. The Morgan fingerprint density at radius 2 is 1.93 bits per heavy atom. The number of halogens is 2. The van der Waals surface area contributed by atoms with Gasteiger partial charge in [-0.05, 0) is 45.4 Å². The Hall–Kier alpha value is -0.720. The van der Waals surface area contributed by atoms with E-state index in [9.17, 15) is 0 Å². The molecule has 0 amide bonds. The van der Waals surface area contributed by atoms with Crippen LogP contribution in [0, 0.1) is 0 Å². The fourth-order valence-electron chi connectivity index (χ4n) is 0.827. The second-order valence-corrected chi connectivity index (χ2v) is 4.57. The minimum Gasteiger partial charge on any atom is -0.231 e. The van der Waals surface area contributed by atoms with E-state index in [4.69, 9.17) is 11.6 Å². The lowest BCUT2D eigenvalue weighted by Crippen LogP contribution is -1.89. The van der Waals surface area contributed by atoms with Crippen molar-refractivity contribution < 1.29 is 0 Å². The van der Waals surface area contributed by atoms with E-state index in [1.165, 1.54) is 11.8 Å². The Morgan fingerprint density at radius 3 is 2.67 bits per heavy atom. The second kappa shape index (κ2) is 4.87. The summed E-state index contributed by atoms with van der Waals surface area (Å²) in [7, 11) is 0. The van der Waals surface area contributed by atoms with Crippen LogP contribution >= 0.6 is 39.3 Å². The van der Waals surface area contributed by atoms with Crippen molar-refractivity contribution in [1.82, 2.24) is 19.9 Å². The van der Waals surface area contributed by atoms with Crippen molar-refractivity contribution in [3.05, 3.63) is 34.4 Å². The van der Waals surface area contributed by atoms with Crippen LogP contribution in [-0.4, -0.2) is 19.9 Å². The van der Waals surface area contributed by atoms with Gasteiger partial charge in [-0.2, -0.15) is 0 Å². The monoisotopic (exact) mass is 302 g/mol. The van der Waals surface area contributed by atoms with Crippen LogP contribution in [0.2, 0.25) is 5.28 Å². The van der Waals surface area contributed by atoms with Gasteiger partial charge in [-0.15, -0.1) is 0 Å². The second-order valence-electron chi connectivity index (χ2n) is 2.43. The van der Waals surface area contributed by atoms with E-state index in [-0.39, 0.29) is 5.28 Å². The van der Waals surface area contributed by atoms with Gasteiger partial charge in [-0.3, -0.25) is 0 Å². The molecule has 2 aromatic rings. The fraction of sp³-hybridized carbons (Fsp3) is 0. The molecule has 4 nitrogen and oxygen atoms in total. The highest BCUT2D eigenvalue weighted by molar-refractivity contribution is 9.10. The Morgan fingerprint density at radius 1 is 1.20 bits per heavy atom. The molecule has 0 bridgehead atoms. The van der Waals surface area contributed by atoms with Crippen molar-refractivity contribution in [2.24, 2.45) is 0 Å². The normalized spacial score (nSPS) is 10.3. The zero-order valence-electron chi connectivity index (χ0n) is 7.26. The molecule has 0 atom stereocenters. The first-order valence-electron chi connectivity index (χ1n) is 3.88. The average molecular weight is 304 g/mol. The number of aromatic nitrogens is 4. The van der Waals surface area contributed by atoms with Crippen LogP contribution in [0.15, 0.2) is 39.3 Å². The third-order valence-corrected chi connectivity index (χ3v) is 3.34. The maximum atomic E-state index is 5.69. The molecule has 0 aliphatic rings. The summed E-state index contributed by atoms with van der Waals surface area (Å²) >= 11 is 10.3. The maximum Gasteiger partial charge on any atom is 0.223 e. The van der Waals surface area contributed by atoms with Crippen LogP contribution in [0.1, 0.15) is 0 Å². The van der Waals surface area contributed by atoms with Crippen LogP contribution in [0.3, 0.4) is 0 Å². The molecule has 0 saturated heterocycles. The number of hydrogen-bond acceptors (Lipinski definition) is 5. The molecule has 2 heterocycles. The largest absolute Gasteiger partial charge is 0.231 e. The van der Waals surface area contributed by atoms with Gasteiger partial charge < -0.3 is 0 Å². The highest BCUT2D eigenvalue weighted by Crippen LogP contribution is 2.29. The molecule has 0 fully saturated rings. The summed E-state index contributed by atoms with van der Waals surface area (Å²) in [5.74, 6) is 0. The molecule has 2 aromatic heterocycles. The predicted octanol–water partition coefficient (Wildman–Crippen LogP) is 2.83. The summed E-state index contributed by atoms with van der Waals surface area (Å²) in [4.78, 5) is 16.0. The minimum absolute atomic E-state index is 0.205. The van der Waals surface area contributed by atoms with E-state index in [0.717, 1.165) is 4.47 Å². The summed E-state index contributed by atoms with van der Waals surface area (Å²) in [6, 6.07) is 1.76. The van der Waals surface area contributed by atoms with Gasteiger partial charge in [-0.1, -0.05) is 0 Å². The standard InChI is InChI=1S/C8H4BrClN4S/c9-5-4-13-7(10)14-6(5)15-8-11-2-1-3-12-8/h1-4H. The van der Waals surface area contributed by atoms with Gasteiger partial charge in [0.15, 0.2) is 5.16 Å². The van der Waals surface area contributed by atoms with E-state index < -0.39 is 0 Å². The topological polar surface area (TPSA) is 51.6 Å². The lowest BCUT2D eigenvalue weighted by molar-refractivity contribution is 0.951. The number of rotatable bonds is 2. The maximum absolute atomic E-state index is 5.69. The van der Waals surface area contributed by atoms with E-state index in [1.807, 2.05) is 0 Å². The SMILES string of the molecule is Clc1ncc(Br)c(Sc2ncccn2)n1. The van der Waals surface area contributed by atoms with Gasteiger partial charge in [0.1, 0.15) is 5.03 Å². The first-order chi connectivity index (χ1) is 7.25. The van der Waals surface area contributed by atoms with Crippen molar-refractivity contribution in [2.75, 3.05) is 0 Å². The van der Waals surface area contributed by atoms with Crippen LogP contribution in [0.4, 0.5) is 0 Å². The van der Waals surface area contributed by atoms with Crippen molar-refractivity contribution in [1.29, 1.82) is 0 Å². The van der Waals surface area contributed by atoms with E-state index in [1.54, 1.807) is 24.7 Å². The van der Waals surface area contributed by atoms with Gasteiger partial charge >= 0.3 is 0 Å². The first kappa shape index (κ1) is 10.8. The summed E-state index contributed by atoms with van der Waals surface area (Å²) in [6.07, 6.45) is 4.94. The zero-order chi connectivity index (χ0) is 10.7. The molecule has 0 aromatic carbocycles. The van der Waals surface area contributed by atoms with E-state index >= 15 is 0 Å². The van der Waals surface area contributed by atoms with Crippen molar-refractivity contribution in [3.63, 3.8) is 0 Å². The van der Waals surface area contributed by atoms with Gasteiger partial charge in [-0.25, -0.2) is 19.9 Å². The third-order valence-electron chi connectivity index (χ3n) is 1.41. The van der Waals surface area contributed by atoms with Crippen molar-refractivity contribution in [3.8, 4) is 0 Å². The van der Waals surface area contributed by atoms with E-state index in [2.05, 4.69) is 35.9 Å². The van der Waals surface area contributed by atoms with Gasteiger partial charge in [0, 0.05) is 18.6 Å². The molecular formula is C8H4BrClN4S. The van der Waals surface area contributed by atoms with Crippen LogP contribution in [0.25, 0.3) is 0 Å². The quantitative estimate of drug-likeness (QED) is 0.631. The zero-order valence-corrected chi connectivity index (χ0v) is 10.4. The van der Waals surface area contributed by atoms with Crippen LogP contribution < -0.4 is 0 Å². The Balaban J connectivity index is 2.28. The smallest absolute Gasteiger partial charge is 0.223 e. The molecule has 7 heteroatoms. The highest BCUT2D eigenvalue weighted by Gasteiger charge is 2.07. The van der Waals surface area contributed by atoms with Gasteiger partial charge in [0.2, 0.25) is 5.28 Å². The average Bonchev–Trinajstić information content (AvgIpc) is 2.25. The Labute approximate surface area is 104 Å². The van der Waals surface area contributed by atoms with E-state index in [0.29, 0.717) is 10.2 Å². The Kier molecular flexibility index (Phi) is 3.50. The molecule has 0 aliphatic heterocycles. The fourth-order valence-corrected chi connectivity index (χ4v) is 2.13. The molecule has 0 unspecified atom stereocenters. The Bertz CT molecular complexity index is 467. The molecule has 0 spiro atoms. The minimum atomic E-state index is 0.205. The third kappa shape index (κ3) is 2.87. The summed E-state index contributed by atoms with van der Waals surface area (Å²) in [5.41, 5.74) is 0. The van der Waals surface area contributed by atoms with Gasteiger partial charge in [0.25, 0.3) is 0 Å². The molecule has 0 N–H and O–H groups in total. The summed E-state index contributed by atoms with van der Waals surface area (Å²) in [6.45, 7) is 0. The lowest BCUT2D eigenvalue weighted by atomic mass is 10.7. The molecule has 0 saturated carbocycles. The summed E-state index contributed by atoms with van der Waals surface area (Å²) < 4.78 is 0.768. The molecule has 0 radical (unpaired) electrons. The molecule has 2 rings (SSSR count). The van der Waals surface area contributed by atoms with Crippen molar-refractivity contribution >= 4 is 39.3 Å². The first-order valence-corrected chi connectivity index (χ1v) is 5.87. The number of nitrogens with zero attached hydrogens (tertiary/aromatic N) is 4.